The van der Waals surface area contributed by atoms with Crippen LogP contribution in [0.1, 0.15) is 21.5 Å². The molecule has 0 unspecified atom stereocenters. The van der Waals surface area contributed by atoms with Crippen LogP contribution in [0, 0.1) is 18.8 Å². The topological polar surface area (TPSA) is 37.3 Å². The third-order valence-electron chi connectivity index (χ3n) is 1.70. The molecular weight excluding hydrogens is 200 g/mol. The van der Waals surface area contributed by atoms with Gasteiger partial charge < -0.3 is 5.11 Å². The molecule has 0 aliphatic carbocycles. The highest BCUT2D eigenvalue weighted by molar-refractivity contribution is 6.19. The van der Waals surface area contributed by atoms with Crippen LogP contribution in [-0.2, 0) is 0 Å². The maximum Gasteiger partial charge on any atom is 0.336 e. The van der Waals surface area contributed by atoms with Gasteiger partial charge in [-0.25, -0.2) is 4.79 Å². The highest BCUT2D eigenvalue weighted by Gasteiger charge is 2.07. The van der Waals surface area contributed by atoms with Crippen molar-refractivity contribution in [2.75, 3.05) is 5.88 Å². The maximum absolute atomic E-state index is 10.8. The van der Waals surface area contributed by atoms with Gasteiger partial charge in [-0.2, -0.15) is 0 Å². The Labute approximate surface area is 87.5 Å². The van der Waals surface area contributed by atoms with E-state index in [1.807, 2.05) is 13.0 Å². The molecule has 0 radical (unpaired) electrons. The van der Waals surface area contributed by atoms with Gasteiger partial charge >= 0.3 is 5.97 Å². The number of carbonyl (C=O) groups is 1. The Balaban J connectivity index is 3.22. The first kappa shape index (κ1) is 10.6. The fourth-order valence-corrected chi connectivity index (χ4v) is 1.14. The predicted octanol–water partition coefficient (Wildman–Crippen LogP) is 2.28. The molecule has 1 aromatic carbocycles. The minimum absolute atomic E-state index is 0.201. The van der Waals surface area contributed by atoms with E-state index >= 15 is 0 Å². The number of halogens is 1. The average Bonchev–Trinajstić information content (AvgIpc) is 2.15. The molecule has 72 valence electrons. The molecule has 0 fully saturated rings. The number of carboxylic acids is 1. The molecular formula is C11H9ClO2. The number of aryl methyl sites for hydroxylation is 1. The first-order valence-electron chi connectivity index (χ1n) is 4.04. The summed E-state index contributed by atoms with van der Waals surface area (Å²) in [5.41, 5.74) is 1.63. The maximum atomic E-state index is 10.8. The molecule has 0 amide bonds. The van der Waals surface area contributed by atoms with Gasteiger partial charge in [0.15, 0.2) is 0 Å². The van der Waals surface area contributed by atoms with Crippen LogP contribution < -0.4 is 0 Å². The molecule has 0 spiro atoms. The smallest absolute Gasteiger partial charge is 0.336 e. The summed E-state index contributed by atoms with van der Waals surface area (Å²) in [6.45, 7) is 1.84. The SMILES string of the molecule is Cc1ccc(C#CCCl)c(C(=O)O)c1. The number of benzene rings is 1. The van der Waals surface area contributed by atoms with Crippen molar-refractivity contribution in [3.05, 3.63) is 34.9 Å². The number of hydrogen-bond acceptors (Lipinski definition) is 1. The highest BCUT2D eigenvalue weighted by atomic mass is 35.5. The normalized spacial score (nSPS) is 9.00. The number of aromatic carboxylic acids is 1. The van der Waals surface area contributed by atoms with E-state index in [4.69, 9.17) is 16.7 Å². The van der Waals surface area contributed by atoms with E-state index < -0.39 is 5.97 Å². The van der Waals surface area contributed by atoms with Crippen LogP contribution in [0.15, 0.2) is 18.2 Å². The molecule has 0 atom stereocenters. The van der Waals surface area contributed by atoms with Gasteiger partial charge in [0.05, 0.1) is 11.4 Å². The molecule has 1 aromatic rings. The zero-order valence-electron chi connectivity index (χ0n) is 7.67. The van der Waals surface area contributed by atoms with Gasteiger partial charge in [0.1, 0.15) is 0 Å². The number of rotatable bonds is 1. The van der Waals surface area contributed by atoms with Crippen molar-refractivity contribution in [3.63, 3.8) is 0 Å². The van der Waals surface area contributed by atoms with Gasteiger partial charge in [0.25, 0.3) is 0 Å². The van der Waals surface area contributed by atoms with Crippen molar-refractivity contribution in [2.45, 2.75) is 6.92 Å². The largest absolute Gasteiger partial charge is 0.478 e. The molecule has 0 aliphatic rings. The summed E-state index contributed by atoms with van der Waals surface area (Å²) in [6.07, 6.45) is 0. The van der Waals surface area contributed by atoms with E-state index in [2.05, 4.69) is 11.8 Å². The van der Waals surface area contributed by atoms with E-state index in [0.717, 1.165) is 5.56 Å². The van der Waals surface area contributed by atoms with Crippen molar-refractivity contribution in [1.29, 1.82) is 0 Å². The molecule has 0 heterocycles. The summed E-state index contributed by atoms with van der Waals surface area (Å²) >= 11 is 5.39. The zero-order chi connectivity index (χ0) is 10.6. The zero-order valence-corrected chi connectivity index (χ0v) is 8.43. The molecule has 3 heteroatoms. The second-order valence-corrected chi connectivity index (χ2v) is 3.06. The number of hydrogen-bond donors (Lipinski definition) is 1. The Morgan fingerprint density at radius 3 is 2.86 bits per heavy atom. The van der Waals surface area contributed by atoms with Crippen molar-refractivity contribution < 1.29 is 9.90 Å². The Bertz CT molecular complexity index is 413. The van der Waals surface area contributed by atoms with Gasteiger partial charge in [-0.1, -0.05) is 23.5 Å². The minimum Gasteiger partial charge on any atom is -0.478 e. The van der Waals surface area contributed by atoms with Gasteiger partial charge in [0.2, 0.25) is 0 Å². The number of carboxylic acid groups (broad SMARTS) is 1. The lowest BCUT2D eigenvalue weighted by atomic mass is 10.1. The summed E-state index contributed by atoms with van der Waals surface area (Å²) in [5.74, 6) is 4.58. The van der Waals surface area contributed by atoms with Crippen LogP contribution in [0.5, 0.6) is 0 Å². The van der Waals surface area contributed by atoms with Crippen LogP contribution in [0.2, 0.25) is 0 Å². The summed E-state index contributed by atoms with van der Waals surface area (Å²) in [4.78, 5) is 10.8. The van der Waals surface area contributed by atoms with Crippen LogP contribution >= 0.6 is 11.6 Å². The Hall–Kier alpha value is -1.46. The first-order chi connectivity index (χ1) is 6.65. The van der Waals surface area contributed by atoms with E-state index in [1.165, 1.54) is 0 Å². The first-order valence-corrected chi connectivity index (χ1v) is 4.57. The predicted molar refractivity (Wildman–Crippen MR) is 55.7 cm³/mol. The van der Waals surface area contributed by atoms with Gasteiger partial charge in [-0.3, -0.25) is 0 Å². The Morgan fingerprint density at radius 2 is 2.29 bits per heavy atom. The highest BCUT2D eigenvalue weighted by Crippen LogP contribution is 2.10. The summed E-state index contributed by atoms with van der Waals surface area (Å²) in [5, 5.41) is 8.89. The van der Waals surface area contributed by atoms with E-state index in [0.29, 0.717) is 5.56 Å². The van der Waals surface area contributed by atoms with E-state index in [1.54, 1.807) is 12.1 Å². The summed E-state index contributed by atoms with van der Waals surface area (Å²) in [6, 6.07) is 5.11. The van der Waals surface area contributed by atoms with Gasteiger partial charge in [0, 0.05) is 5.56 Å². The van der Waals surface area contributed by atoms with Crippen LogP contribution in [0.4, 0.5) is 0 Å². The van der Waals surface area contributed by atoms with Gasteiger partial charge in [-0.15, -0.1) is 11.6 Å². The molecule has 0 saturated carbocycles. The molecule has 1 rings (SSSR count). The van der Waals surface area contributed by atoms with Crippen LogP contribution in [-0.4, -0.2) is 17.0 Å². The molecule has 0 saturated heterocycles. The summed E-state index contributed by atoms with van der Waals surface area (Å²) < 4.78 is 0. The molecule has 0 bridgehead atoms. The fourth-order valence-electron chi connectivity index (χ4n) is 1.07. The average molecular weight is 209 g/mol. The molecule has 0 aromatic heterocycles. The Morgan fingerprint density at radius 1 is 1.57 bits per heavy atom. The summed E-state index contributed by atoms with van der Waals surface area (Å²) in [7, 11) is 0. The van der Waals surface area contributed by atoms with Crippen molar-refractivity contribution in [3.8, 4) is 11.8 Å². The third kappa shape index (κ3) is 2.51. The second kappa shape index (κ2) is 4.69. The van der Waals surface area contributed by atoms with E-state index in [9.17, 15) is 4.79 Å². The Kier molecular flexibility index (Phi) is 3.55. The monoisotopic (exact) mass is 208 g/mol. The minimum atomic E-state index is -0.965. The number of alkyl halides is 1. The molecule has 2 nitrogen and oxygen atoms in total. The van der Waals surface area contributed by atoms with Crippen molar-refractivity contribution in [1.82, 2.24) is 0 Å². The third-order valence-corrected chi connectivity index (χ3v) is 1.83. The fraction of sp³-hybridized carbons (Fsp3) is 0.182. The van der Waals surface area contributed by atoms with Gasteiger partial charge in [-0.05, 0) is 19.1 Å². The standard InChI is InChI=1S/C11H9ClO2/c1-8-4-5-9(3-2-6-12)10(7-8)11(13)14/h4-5,7H,6H2,1H3,(H,13,14). The van der Waals surface area contributed by atoms with E-state index in [-0.39, 0.29) is 11.4 Å². The van der Waals surface area contributed by atoms with Crippen LogP contribution in [0.3, 0.4) is 0 Å². The second-order valence-electron chi connectivity index (χ2n) is 2.79. The van der Waals surface area contributed by atoms with Crippen molar-refractivity contribution >= 4 is 17.6 Å². The quantitative estimate of drug-likeness (QED) is 0.568. The molecule has 1 N–H and O–H groups in total. The lowest BCUT2D eigenvalue weighted by molar-refractivity contribution is 0.0696. The molecule has 0 aliphatic heterocycles. The van der Waals surface area contributed by atoms with Crippen molar-refractivity contribution in [2.24, 2.45) is 0 Å². The lowest BCUT2D eigenvalue weighted by Gasteiger charge is -2.00. The molecule has 14 heavy (non-hydrogen) atoms. The van der Waals surface area contributed by atoms with Crippen LogP contribution in [0.25, 0.3) is 0 Å². The lowest BCUT2D eigenvalue weighted by Crippen LogP contribution is -2.00.